The van der Waals surface area contributed by atoms with Crippen LogP contribution in [0.4, 0.5) is 0 Å². The largest absolute Gasteiger partial charge is 0.490 e. The summed E-state index contributed by atoms with van der Waals surface area (Å²) in [6.07, 6.45) is 6.74. The van der Waals surface area contributed by atoms with Crippen LogP contribution in [0, 0.1) is 22.7 Å². The van der Waals surface area contributed by atoms with E-state index in [0.29, 0.717) is 71.9 Å². The van der Waals surface area contributed by atoms with E-state index >= 15 is 0 Å². The zero-order valence-corrected chi connectivity index (χ0v) is 52.8. The van der Waals surface area contributed by atoms with Crippen LogP contribution < -0.4 is 26.2 Å². The van der Waals surface area contributed by atoms with Crippen LogP contribution in [0.25, 0.3) is 22.5 Å². The highest BCUT2D eigenvalue weighted by molar-refractivity contribution is 6.74. The Kier molecular flexibility index (Phi) is 26.5. The van der Waals surface area contributed by atoms with Gasteiger partial charge in [-0.05, 0) is 94.2 Å². The SMILES string of the molecule is CC(C)(C)[Si](C)(C)OCCC=O.CC(C)Oc1ccc(C(=O)NN(CCCO)Cc2ccc(-c3cn(C)c(C(C)(C)C)n3)cc2)cc1C#N.CC(C)Oc1ccc(C(=O)NN)cc1C#N.Cn1cc(-c2ccc(C=O)cc2)nc1C(C)(C)C. The summed E-state index contributed by atoms with van der Waals surface area (Å²) >= 11 is 0. The van der Waals surface area contributed by atoms with Gasteiger partial charge in [0.15, 0.2) is 8.32 Å². The Hall–Kier alpha value is -7.78. The third-order valence-corrected chi connectivity index (χ3v) is 17.5. The highest BCUT2D eigenvalue weighted by atomic mass is 28.4. The van der Waals surface area contributed by atoms with Gasteiger partial charge in [0.05, 0.1) is 34.7 Å². The van der Waals surface area contributed by atoms with Crippen molar-refractivity contribution in [1.82, 2.24) is 35.0 Å². The topological polar surface area (TPSA) is 253 Å². The lowest BCUT2D eigenvalue weighted by Crippen LogP contribution is -2.42. The maximum atomic E-state index is 13.0. The Morgan fingerprint density at radius 2 is 1.17 bits per heavy atom. The van der Waals surface area contributed by atoms with Gasteiger partial charge in [-0.3, -0.25) is 25.2 Å². The molecule has 0 aliphatic rings. The number of imidazole rings is 2. The average molecular weight is 1150 g/mol. The smallest absolute Gasteiger partial charge is 0.265 e. The van der Waals surface area contributed by atoms with Crippen LogP contribution in [-0.2, 0) is 40.7 Å². The summed E-state index contributed by atoms with van der Waals surface area (Å²) in [5.41, 5.74) is 11.8. The van der Waals surface area contributed by atoms with E-state index in [1.165, 1.54) is 12.1 Å². The van der Waals surface area contributed by atoms with Gasteiger partial charge in [0.1, 0.15) is 47.9 Å². The van der Waals surface area contributed by atoms with E-state index in [0.717, 1.165) is 52.3 Å². The molecule has 0 saturated heterocycles. The number of hydrogen-bond acceptors (Lipinski definition) is 14. The summed E-state index contributed by atoms with van der Waals surface area (Å²) in [4.78, 5) is 54.4. The van der Waals surface area contributed by atoms with Crippen molar-refractivity contribution in [2.24, 2.45) is 19.9 Å². The van der Waals surface area contributed by atoms with Crippen LogP contribution in [0.1, 0.15) is 162 Å². The summed E-state index contributed by atoms with van der Waals surface area (Å²) in [6.45, 7) is 32.9. The number of hydrogen-bond donors (Lipinski definition) is 4. The molecule has 0 spiro atoms. The van der Waals surface area contributed by atoms with Crippen molar-refractivity contribution in [3.05, 3.63) is 142 Å². The molecule has 0 aliphatic carbocycles. The number of carbonyl (C=O) groups is 4. The molecule has 0 saturated carbocycles. The minimum Gasteiger partial charge on any atom is -0.490 e. The molecule has 0 radical (unpaired) electrons. The van der Waals surface area contributed by atoms with Gasteiger partial charge in [-0.25, -0.2) is 20.8 Å². The van der Waals surface area contributed by atoms with Gasteiger partial charge in [0.2, 0.25) is 0 Å². The minimum atomic E-state index is -1.60. The Morgan fingerprint density at radius 3 is 1.53 bits per heavy atom. The molecule has 6 aromatic rings. The Bertz CT molecular complexity index is 3150. The van der Waals surface area contributed by atoms with Crippen molar-refractivity contribution in [2.75, 3.05) is 19.8 Å². The number of aldehydes is 2. The van der Waals surface area contributed by atoms with E-state index in [9.17, 15) is 29.5 Å². The number of rotatable bonds is 19. The number of hydrazine groups is 2. The molecule has 0 aliphatic heterocycles. The van der Waals surface area contributed by atoms with E-state index in [1.807, 2.05) is 114 Å². The maximum absolute atomic E-state index is 13.0. The van der Waals surface area contributed by atoms with Gasteiger partial charge in [0.25, 0.3) is 11.8 Å². The zero-order chi connectivity index (χ0) is 62.5. The maximum Gasteiger partial charge on any atom is 0.265 e. The lowest BCUT2D eigenvalue weighted by atomic mass is 9.96. The van der Waals surface area contributed by atoms with Crippen LogP contribution in [0.5, 0.6) is 11.5 Å². The van der Waals surface area contributed by atoms with Crippen LogP contribution in [0.15, 0.2) is 97.3 Å². The molecule has 0 fully saturated rings. The van der Waals surface area contributed by atoms with Crippen LogP contribution >= 0.6 is 0 Å². The first kappa shape index (κ1) is 69.5. The molecule has 5 N–H and O–H groups in total. The summed E-state index contributed by atoms with van der Waals surface area (Å²) < 4.78 is 20.9. The first-order valence-corrected chi connectivity index (χ1v) is 30.6. The molecule has 4 aromatic carbocycles. The molecule has 2 aromatic heterocycles. The van der Waals surface area contributed by atoms with Crippen molar-refractivity contribution in [3.8, 4) is 46.2 Å². The lowest BCUT2D eigenvalue weighted by Gasteiger charge is -2.35. The number of nitriles is 2. The fourth-order valence-electron chi connectivity index (χ4n) is 7.88. The summed E-state index contributed by atoms with van der Waals surface area (Å²) in [6, 6.07) is 29.1. The number of aliphatic hydroxyl groups excluding tert-OH is 1. The predicted octanol–water partition coefficient (Wildman–Crippen LogP) is 11.3. The second kappa shape index (κ2) is 31.6. The number of nitrogen functional groups attached to an aromatic ring is 1. The fourth-order valence-corrected chi connectivity index (χ4v) is 8.94. The van der Waals surface area contributed by atoms with E-state index in [1.54, 1.807) is 29.3 Å². The first-order valence-electron chi connectivity index (χ1n) is 27.7. The van der Waals surface area contributed by atoms with Crippen molar-refractivity contribution >= 4 is 32.7 Å². The normalized spacial score (nSPS) is 11.4. The van der Waals surface area contributed by atoms with Gasteiger partial charge < -0.3 is 32.9 Å². The van der Waals surface area contributed by atoms with Gasteiger partial charge in [-0.15, -0.1) is 0 Å². The van der Waals surface area contributed by atoms with E-state index < -0.39 is 14.2 Å². The Labute approximate surface area is 493 Å². The van der Waals surface area contributed by atoms with Gasteiger partial charge in [-0.2, -0.15) is 10.5 Å². The molecule has 2 amide bonds. The number of nitrogens with one attached hydrogen (secondary N) is 2. The van der Waals surface area contributed by atoms with E-state index in [2.05, 4.69) is 101 Å². The first-order chi connectivity index (χ1) is 38.8. The van der Waals surface area contributed by atoms with E-state index in [-0.39, 0.29) is 40.6 Å². The highest BCUT2D eigenvalue weighted by Gasteiger charge is 2.36. The van der Waals surface area contributed by atoms with Crippen molar-refractivity contribution < 1.29 is 38.2 Å². The van der Waals surface area contributed by atoms with Crippen molar-refractivity contribution in [3.63, 3.8) is 0 Å². The molecule has 0 bridgehead atoms. The van der Waals surface area contributed by atoms with Crippen LogP contribution in [0.3, 0.4) is 0 Å². The molecule has 83 heavy (non-hydrogen) atoms. The molecular weight excluding hydrogens is 1060 g/mol. The fraction of sp³-hybridized carbons (Fsp3) is 0.438. The molecule has 2 heterocycles. The molecule has 0 unspecified atom stereocenters. The lowest BCUT2D eigenvalue weighted by molar-refractivity contribution is -0.108. The second-order valence-corrected chi connectivity index (χ2v) is 28.8. The minimum absolute atomic E-state index is 0.0148. The summed E-state index contributed by atoms with van der Waals surface area (Å²) in [7, 11) is 2.42. The third kappa shape index (κ3) is 21.8. The number of amides is 2. The monoisotopic (exact) mass is 1150 g/mol. The number of aryl methyl sites for hydroxylation is 2. The second-order valence-electron chi connectivity index (χ2n) is 24.0. The predicted molar refractivity (Wildman–Crippen MR) is 329 cm³/mol. The molecule has 18 nitrogen and oxygen atoms in total. The van der Waals surface area contributed by atoms with Crippen molar-refractivity contribution in [2.45, 2.75) is 151 Å². The van der Waals surface area contributed by atoms with Crippen LogP contribution in [-0.4, -0.2) is 93.9 Å². The Morgan fingerprint density at radius 1 is 0.723 bits per heavy atom. The standard InChI is InChI=1S/C29H37N5O3.C15H18N2O.C11H13N3O2.C9H20O2Si/c1-20(2)37-26-13-12-23(16-24(26)17-30)27(36)32-34(14-7-15-35)18-21-8-10-22(11-9-21)25-19-33(6)28(31-25)29(3,4)5;1-15(2,3)14-16-13(9-17(14)4)12-7-5-11(10-18)6-8-12;1-7(2)16-10-4-3-8(11(15)14-13)5-9(10)6-12;1-9(2,3)12(4,5)11-8-6-7-10/h8-13,16,19-20,35H,7,14-15,18H2,1-6H3,(H,32,36);5-10H,1-4H3;3-5,7H,13H2,1-2H3,(H,14,15);7H,6,8H2,1-5H3. The van der Waals surface area contributed by atoms with E-state index in [4.69, 9.17) is 30.0 Å². The quantitative estimate of drug-likeness (QED) is 0.0147. The number of ether oxygens (including phenoxy) is 2. The van der Waals surface area contributed by atoms with Gasteiger partial charge in [0, 0.05) is 97.9 Å². The molecule has 446 valence electrons. The van der Waals surface area contributed by atoms with Crippen molar-refractivity contribution in [1.29, 1.82) is 10.5 Å². The van der Waals surface area contributed by atoms with Crippen LogP contribution in [0.2, 0.25) is 18.1 Å². The van der Waals surface area contributed by atoms with Gasteiger partial charge in [-0.1, -0.05) is 111 Å². The number of aromatic nitrogens is 4. The molecular formula is C64H88N10O8Si. The zero-order valence-electron chi connectivity index (χ0n) is 51.8. The Balaban J connectivity index is 0.000000326. The third-order valence-electron chi connectivity index (χ3n) is 13.0. The molecule has 0 atom stereocenters. The number of aliphatic hydroxyl groups is 1. The summed E-state index contributed by atoms with van der Waals surface area (Å²) in [5, 5.41) is 29.8. The molecule has 19 heteroatoms. The summed E-state index contributed by atoms with van der Waals surface area (Å²) in [5.74, 6) is 7.23. The molecule has 6 rings (SSSR count). The average Bonchev–Trinajstić information content (AvgIpc) is 4.28. The highest BCUT2D eigenvalue weighted by Crippen LogP contribution is 2.36. The van der Waals surface area contributed by atoms with Gasteiger partial charge >= 0.3 is 0 Å². The number of carbonyl (C=O) groups excluding carboxylic acids is 4. The number of nitrogens with zero attached hydrogens (tertiary/aromatic N) is 7. The number of nitrogens with two attached hydrogens (primary N) is 1. The number of benzene rings is 4.